The monoisotopic (exact) mass is 250 g/mol. The summed E-state index contributed by atoms with van der Waals surface area (Å²) >= 11 is 0. The molecule has 1 aromatic rings. The number of benzene rings is 1. The van der Waals surface area contributed by atoms with Gasteiger partial charge in [0.25, 0.3) is 0 Å². The molecule has 0 aliphatic rings. The van der Waals surface area contributed by atoms with E-state index in [1.165, 1.54) is 6.42 Å². The molecular weight excluding hydrogens is 228 g/mol. The number of rotatable bonds is 8. The number of carbonyl (C=O) groups is 1. The molecule has 0 aliphatic carbocycles. The Morgan fingerprint density at radius 1 is 1.22 bits per heavy atom. The van der Waals surface area contributed by atoms with E-state index in [2.05, 4.69) is 24.1 Å². The zero-order valence-corrected chi connectivity index (χ0v) is 11.1. The Kier molecular flexibility index (Phi) is 6.22. The second kappa shape index (κ2) is 7.71. The van der Waals surface area contributed by atoms with Crippen LogP contribution in [0.1, 0.15) is 30.6 Å². The second-order valence-electron chi connectivity index (χ2n) is 4.24. The van der Waals surface area contributed by atoms with Gasteiger partial charge in [-0.3, -0.25) is 0 Å². The standard InChI is InChI=1S/C14H22N2O2/c1-3-10-16(4-2)11-9-15-13-7-5-12(6-8-13)14(17)18/h5-8,15H,3-4,9-11H2,1-2H3,(H,17,18). The third-order valence-electron chi connectivity index (χ3n) is 2.88. The summed E-state index contributed by atoms with van der Waals surface area (Å²) in [5.74, 6) is -0.887. The SMILES string of the molecule is CCCN(CC)CCNc1ccc(C(=O)O)cc1. The minimum absolute atomic E-state index is 0.321. The first-order valence-electron chi connectivity index (χ1n) is 6.47. The Morgan fingerprint density at radius 3 is 2.39 bits per heavy atom. The maximum Gasteiger partial charge on any atom is 0.335 e. The van der Waals surface area contributed by atoms with Crippen LogP contribution in [0.15, 0.2) is 24.3 Å². The van der Waals surface area contributed by atoms with Gasteiger partial charge >= 0.3 is 5.97 Å². The van der Waals surface area contributed by atoms with Gasteiger partial charge in [-0.15, -0.1) is 0 Å². The van der Waals surface area contributed by atoms with Crippen LogP contribution in [0.2, 0.25) is 0 Å². The van der Waals surface area contributed by atoms with Gasteiger partial charge in [0.05, 0.1) is 5.56 Å². The summed E-state index contributed by atoms with van der Waals surface area (Å²) < 4.78 is 0. The van der Waals surface area contributed by atoms with Gasteiger partial charge in [0.1, 0.15) is 0 Å². The van der Waals surface area contributed by atoms with Crippen molar-refractivity contribution in [3.63, 3.8) is 0 Å². The molecule has 2 N–H and O–H groups in total. The number of nitrogens with zero attached hydrogens (tertiary/aromatic N) is 1. The van der Waals surface area contributed by atoms with Crippen molar-refractivity contribution in [2.75, 3.05) is 31.5 Å². The lowest BCUT2D eigenvalue weighted by Crippen LogP contribution is -2.29. The molecule has 0 saturated carbocycles. The third kappa shape index (κ3) is 4.75. The second-order valence-corrected chi connectivity index (χ2v) is 4.24. The maximum atomic E-state index is 10.7. The summed E-state index contributed by atoms with van der Waals surface area (Å²) in [6, 6.07) is 6.85. The van der Waals surface area contributed by atoms with Crippen molar-refractivity contribution in [2.24, 2.45) is 0 Å². The molecule has 0 aromatic heterocycles. The molecule has 0 fully saturated rings. The first-order valence-corrected chi connectivity index (χ1v) is 6.47. The smallest absolute Gasteiger partial charge is 0.335 e. The highest BCUT2D eigenvalue weighted by Crippen LogP contribution is 2.09. The highest BCUT2D eigenvalue weighted by molar-refractivity contribution is 5.87. The van der Waals surface area contributed by atoms with Crippen LogP contribution in [-0.2, 0) is 0 Å². The first kappa shape index (κ1) is 14.5. The largest absolute Gasteiger partial charge is 0.478 e. The molecule has 4 nitrogen and oxygen atoms in total. The van der Waals surface area contributed by atoms with Crippen LogP contribution in [0.25, 0.3) is 0 Å². The van der Waals surface area contributed by atoms with E-state index in [9.17, 15) is 4.79 Å². The molecule has 0 saturated heterocycles. The molecule has 18 heavy (non-hydrogen) atoms. The van der Waals surface area contributed by atoms with Crippen LogP contribution in [0, 0.1) is 0 Å². The lowest BCUT2D eigenvalue weighted by atomic mass is 10.2. The average molecular weight is 250 g/mol. The predicted octanol–water partition coefficient (Wildman–Crippen LogP) is 2.53. The number of anilines is 1. The van der Waals surface area contributed by atoms with Gasteiger partial charge in [0.15, 0.2) is 0 Å². The van der Waals surface area contributed by atoms with Crippen molar-refractivity contribution in [1.82, 2.24) is 4.90 Å². The molecule has 0 unspecified atom stereocenters. The minimum Gasteiger partial charge on any atom is -0.478 e. The number of nitrogens with one attached hydrogen (secondary N) is 1. The van der Waals surface area contributed by atoms with E-state index in [0.717, 1.165) is 31.9 Å². The normalized spacial score (nSPS) is 10.6. The van der Waals surface area contributed by atoms with Crippen molar-refractivity contribution in [1.29, 1.82) is 0 Å². The molecule has 0 atom stereocenters. The van der Waals surface area contributed by atoms with Gasteiger partial charge < -0.3 is 15.3 Å². The van der Waals surface area contributed by atoms with Crippen molar-refractivity contribution >= 4 is 11.7 Å². The first-order chi connectivity index (χ1) is 8.67. The Hall–Kier alpha value is -1.55. The van der Waals surface area contributed by atoms with E-state index in [1.807, 2.05) is 0 Å². The third-order valence-corrected chi connectivity index (χ3v) is 2.88. The number of hydrogen-bond donors (Lipinski definition) is 2. The Labute approximate surface area is 109 Å². The summed E-state index contributed by atoms with van der Waals surface area (Å²) in [5, 5.41) is 12.1. The molecular formula is C14H22N2O2. The van der Waals surface area contributed by atoms with E-state index in [0.29, 0.717) is 5.56 Å². The van der Waals surface area contributed by atoms with E-state index in [4.69, 9.17) is 5.11 Å². The van der Waals surface area contributed by atoms with Gasteiger partial charge in [-0.2, -0.15) is 0 Å². The number of carboxylic acids is 1. The van der Waals surface area contributed by atoms with E-state index in [-0.39, 0.29) is 0 Å². The topological polar surface area (TPSA) is 52.6 Å². The van der Waals surface area contributed by atoms with Gasteiger partial charge in [-0.05, 0) is 43.8 Å². The van der Waals surface area contributed by atoms with Crippen LogP contribution >= 0.6 is 0 Å². The summed E-state index contributed by atoms with van der Waals surface area (Å²) in [5.41, 5.74) is 1.29. The summed E-state index contributed by atoms with van der Waals surface area (Å²) in [4.78, 5) is 13.1. The van der Waals surface area contributed by atoms with Gasteiger partial charge in [-0.1, -0.05) is 13.8 Å². The van der Waals surface area contributed by atoms with Crippen LogP contribution in [0.3, 0.4) is 0 Å². The summed E-state index contributed by atoms with van der Waals surface area (Å²) in [6.07, 6.45) is 1.17. The van der Waals surface area contributed by atoms with E-state index >= 15 is 0 Å². The van der Waals surface area contributed by atoms with Crippen molar-refractivity contribution < 1.29 is 9.90 Å². The summed E-state index contributed by atoms with van der Waals surface area (Å²) in [7, 11) is 0. The molecule has 0 spiro atoms. The minimum atomic E-state index is -0.887. The lowest BCUT2D eigenvalue weighted by Gasteiger charge is -2.19. The highest BCUT2D eigenvalue weighted by Gasteiger charge is 2.02. The van der Waals surface area contributed by atoms with Crippen LogP contribution in [0.5, 0.6) is 0 Å². The molecule has 0 heterocycles. The van der Waals surface area contributed by atoms with Crippen molar-refractivity contribution in [2.45, 2.75) is 20.3 Å². The van der Waals surface area contributed by atoms with Crippen LogP contribution in [0.4, 0.5) is 5.69 Å². The van der Waals surface area contributed by atoms with Crippen molar-refractivity contribution in [3.8, 4) is 0 Å². The van der Waals surface area contributed by atoms with Gasteiger partial charge in [0.2, 0.25) is 0 Å². The molecule has 4 heteroatoms. The zero-order chi connectivity index (χ0) is 13.4. The molecule has 0 aliphatic heterocycles. The number of hydrogen-bond acceptors (Lipinski definition) is 3. The number of carboxylic acid groups (broad SMARTS) is 1. The fourth-order valence-electron chi connectivity index (χ4n) is 1.83. The highest BCUT2D eigenvalue weighted by atomic mass is 16.4. The fourth-order valence-corrected chi connectivity index (χ4v) is 1.83. The molecule has 0 amide bonds. The Bertz CT molecular complexity index is 363. The zero-order valence-electron chi connectivity index (χ0n) is 11.1. The van der Waals surface area contributed by atoms with Gasteiger partial charge in [0, 0.05) is 18.8 Å². The van der Waals surface area contributed by atoms with Crippen LogP contribution in [-0.4, -0.2) is 42.2 Å². The van der Waals surface area contributed by atoms with E-state index in [1.54, 1.807) is 24.3 Å². The predicted molar refractivity (Wildman–Crippen MR) is 74.3 cm³/mol. The van der Waals surface area contributed by atoms with Crippen LogP contribution < -0.4 is 5.32 Å². The molecule has 100 valence electrons. The molecule has 0 radical (unpaired) electrons. The van der Waals surface area contributed by atoms with Gasteiger partial charge in [-0.25, -0.2) is 4.79 Å². The quantitative estimate of drug-likeness (QED) is 0.744. The lowest BCUT2D eigenvalue weighted by molar-refractivity contribution is 0.0697. The molecule has 1 aromatic carbocycles. The number of likely N-dealkylation sites (N-methyl/N-ethyl adjacent to an activating group) is 1. The fraction of sp³-hybridized carbons (Fsp3) is 0.500. The maximum absolute atomic E-state index is 10.7. The molecule has 0 bridgehead atoms. The van der Waals surface area contributed by atoms with E-state index < -0.39 is 5.97 Å². The Balaban J connectivity index is 2.37. The Morgan fingerprint density at radius 2 is 1.89 bits per heavy atom. The number of aromatic carboxylic acids is 1. The average Bonchev–Trinajstić information content (AvgIpc) is 2.38. The van der Waals surface area contributed by atoms with Crippen molar-refractivity contribution in [3.05, 3.63) is 29.8 Å². The molecule has 1 rings (SSSR count). The summed E-state index contributed by atoms with van der Waals surface area (Å²) in [6.45, 7) is 8.41.